The number of amides is 2. The molecule has 6 nitrogen and oxygen atoms in total. The van der Waals surface area contributed by atoms with Crippen LogP contribution in [-0.2, 0) is 19.1 Å². The van der Waals surface area contributed by atoms with Crippen molar-refractivity contribution in [1.82, 2.24) is 4.90 Å². The number of nitrogens with zero attached hydrogens (tertiary/aromatic N) is 2. The molecular weight excluding hydrogens is 304 g/mol. The second-order valence-corrected chi connectivity index (χ2v) is 6.53. The Morgan fingerprint density at radius 3 is 2.86 bits per heavy atom. The van der Waals surface area contributed by atoms with Crippen molar-refractivity contribution in [2.24, 2.45) is 0 Å². The highest BCUT2D eigenvalue weighted by Gasteiger charge is 2.43. The maximum atomic E-state index is 12.1. The maximum Gasteiger partial charge on any atom is 0.253 e. The van der Waals surface area contributed by atoms with Crippen LogP contribution in [0.2, 0.25) is 0 Å². The molecule has 3 rings (SSSR count). The lowest BCUT2D eigenvalue weighted by Gasteiger charge is -2.46. The van der Waals surface area contributed by atoms with Crippen molar-refractivity contribution in [1.29, 1.82) is 0 Å². The first-order valence-electron chi connectivity index (χ1n) is 7.37. The number of likely N-dealkylation sites (tertiary alicyclic amines) is 1. The normalized spacial score (nSPS) is 21.4. The van der Waals surface area contributed by atoms with Crippen molar-refractivity contribution in [2.75, 3.05) is 44.9 Å². The molecule has 1 spiro atoms. The van der Waals surface area contributed by atoms with E-state index in [4.69, 9.17) is 9.47 Å². The number of carbonyl (C=O) groups excluding carboxylic acids is 2. The molecule has 2 aliphatic heterocycles. The lowest BCUT2D eigenvalue weighted by Crippen LogP contribution is -2.59. The molecule has 0 aromatic carbocycles. The predicted octanol–water partition coefficient (Wildman–Crippen LogP) is 1.12. The quantitative estimate of drug-likeness (QED) is 0.836. The first kappa shape index (κ1) is 15.5. The number of hydrogen-bond donors (Lipinski definition) is 0. The number of ether oxygens (including phenoxy) is 2. The molecule has 0 saturated carbocycles. The Bertz CT molecular complexity index is 538. The molecule has 0 N–H and O–H groups in total. The third-order valence-corrected chi connectivity index (χ3v) is 5.03. The van der Waals surface area contributed by atoms with Gasteiger partial charge in [-0.2, -0.15) is 11.3 Å². The summed E-state index contributed by atoms with van der Waals surface area (Å²) in [6.45, 7) is 2.09. The Balaban J connectivity index is 1.65. The Morgan fingerprint density at radius 2 is 2.23 bits per heavy atom. The van der Waals surface area contributed by atoms with E-state index < -0.39 is 0 Å². The summed E-state index contributed by atoms with van der Waals surface area (Å²) in [6, 6.07) is 1.96. The standard InChI is InChI=1S/C15H20N2O4S/c1-20-8-13(18)16-5-3-15(4-6-16)11-17(14(19)9-21-15)12-2-7-22-10-12/h2,7,10H,3-6,8-9,11H2,1H3. The first-order chi connectivity index (χ1) is 10.6. The van der Waals surface area contributed by atoms with Gasteiger partial charge in [0.25, 0.3) is 5.91 Å². The summed E-state index contributed by atoms with van der Waals surface area (Å²) < 4.78 is 10.8. The fraction of sp³-hybridized carbons (Fsp3) is 0.600. The van der Waals surface area contributed by atoms with Crippen LogP contribution in [0.3, 0.4) is 0 Å². The molecule has 0 bridgehead atoms. The van der Waals surface area contributed by atoms with E-state index in [1.807, 2.05) is 26.6 Å². The smallest absolute Gasteiger partial charge is 0.253 e. The molecule has 0 unspecified atom stereocenters. The highest BCUT2D eigenvalue weighted by Crippen LogP contribution is 2.33. The van der Waals surface area contributed by atoms with E-state index in [0.29, 0.717) is 19.6 Å². The van der Waals surface area contributed by atoms with Crippen LogP contribution in [0.5, 0.6) is 0 Å². The second-order valence-electron chi connectivity index (χ2n) is 5.75. The summed E-state index contributed by atoms with van der Waals surface area (Å²) >= 11 is 1.58. The van der Waals surface area contributed by atoms with Gasteiger partial charge in [0, 0.05) is 25.6 Å². The third kappa shape index (κ3) is 3.02. The number of rotatable bonds is 3. The lowest BCUT2D eigenvalue weighted by molar-refractivity contribution is -0.152. The molecule has 1 aromatic rings. The van der Waals surface area contributed by atoms with Gasteiger partial charge in [-0.15, -0.1) is 0 Å². The van der Waals surface area contributed by atoms with Crippen molar-refractivity contribution < 1.29 is 19.1 Å². The molecule has 1 aromatic heterocycles. The molecule has 0 atom stereocenters. The van der Waals surface area contributed by atoms with E-state index in [1.165, 1.54) is 7.11 Å². The number of thiophene rings is 1. The van der Waals surface area contributed by atoms with Gasteiger partial charge in [-0.3, -0.25) is 9.59 Å². The first-order valence-corrected chi connectivity index (χ1v) is 8.31. The van der Waals surface area contributed by atoms with E-state index >= 15 is 0 Å². The van der Waals surface area contributed by atoms with Crippen LogP contribution in [0, 0.1) is 0 Å². The minimum atomic E-state index is -0.334. The van der Waals surface area contributed by atoms with Gasteiger partial charge in [0.05, 0.1) is 17.8 Å². The number of carbonyl (C=O) groups is 2. The Hall–Kier alpha value is -1.44. The second kappa shape index (κ2) is 6.36. The Morgan fingerprint density at radius 1 is 1.45 bits per heavy atom. The third-order valence-electron chi connectivity index (χ3n) is 4.36. The Kier molecular flexibility index (Phi) is 4.46. The van der Waals surface area contributed by atoms with E-state index in [2.05, 4.69) is 0 Å². The van der Waals surface area contributed by atoms with Gasteiger partial charge in [0.15, 0.2) is 0 Å². The molecule has 0 aliphatic carbocycles. The van der Waals surface area contributed by atoms with Crippen LogP contribution in [0.4, 0.5) is 5.69 Å². The number of hydrogen-bond acceptors (Lipinski definition) is 5. The molecule has 2 amide bonds. The number of morpholine rings is 1. The number of anilines is 1. The van der Waals surface area contributed by atoms with Crippen molar-refractivity contribution >= 4 is 28.8 Å². The lowest BCUT2D eigenvalue weighted by atomic mass is 9.89. The van der Waals surface area contributed by atoms with Gasteiger partial charge in [-0.25, -0.2) is 0 Å². The monoisotopic (exact) mass is 324 g/mol. The largest absolute Gasteiger partial charge is 0.375 e. The average Bonchev–Trinajstić information content (AvgIpc) is 3.05. The molecular formula is C15H20N2O4S. The van der Waals surface area contributed by atoms with Crippen LogP contribution >= 0.6 is 11.3 Å². The van der Waals surface area contributed by atoms with Crippen molar-refractivity contribution in [3.05, 3.63) is 16.8 Å². The maximum absolute atomic E-state index is 12.1. The van der Waals surface area contributed by atoms with E-state index in [1.54, 1.807) is 11.3 Å². The molecule has 2 saturated heterocycles. The summed E-state index contributed by atoms with van der Waals surface area (Å²) in [7, 11) is 1.53. The van der Waals surface area contributed by atoms with Gasteiger partial charge in [0.2, 0.25) is 5.91 Å². The summed E-state index contributed by atoms with van der Waals surface area (Å²) in [5.74, 6) is 0.0147. The van der Waals surface area contributed by atoms with Crippen molar-refractivity contribution in [2.45, 2.75) is 18.4 Å². The minimum Gasteiger partial charge on any atom is -0.375 e. The van der Waals surface area contributed by atoms with Crippen molar-refractivity contribution in [3.63, 3.8) is 0 Å². The van der Waals surface area contributed by atoms with Gasteiger partial charge >= 0.3 is 0 Å². The molecule has 22 heavy (non-hydrogen) atoms. The number of piperidine rings is 1. The van der Waals surface area contributed by atoms with Crippen molar-refractivity contribution in [3.8, 4) is 0 Å². The highest BCUT2D eigenvalue weighted by molar-refractivity contribution is 7.08. The van der Waals surface area contributed by atoms with Gasteiger partial charge in [0.1, 0.15) is 13.2 Å². The molecule has 2 fully saturated rings. The van der Waals surface area contributed by atoms with E-state index in [0.717, 1.165) is 18.5 Å². The van der Waals surface area contributed by atoms with Crippen LogP contribution in [0.1, 0.15) is 12.8 Å². The topological polar surface area (TPSA) is 59.1 Å². The summed E-state index contributed by atoms with van der Waals surface area (Å²) in [4.78, 5) is 27.6. The van der Waals surface area contributed by atoms with Crippen LogP contribution < -0.4 is 4.90 Å². The van der Waals surface area contributed by atoms with E-state index in [9.17, 15) is 9.59 Å². The molecule has 120 valence electrons. The van der Waals surface area contributed by atoms with E-state index in [-0.39, 0.29) is 30.6 Å². The zero-order valence-electron chi connectivity index (χ0n) is 12.6. The molecule has 0 radical (unpaired) electrons. The number of methoxy groups -OCH3 is 1. The predicted molar refractivity (Wildman–Crippen MR) is 83.0 cm³/mol. The molecule has 2 aliphatic rings. The molecule has 7 heteroatoms. The fourth-order valence-corrected chi connectivity index (χ4v) is 3.68. The summed E-state index contributed by atoms with van der Waals surface area (Å²) in [5.41, 5.74) is 0.607. The van der Waals surface area contributed by atoms with Crippen LogP contribution in [-0.4, -0.2) is 62.3 Å². The van der Waals surface area contributed by atoms with Gasteiger partial charge in [-0.1, -0.05) is 0 Å². The SMILES string of the molecule is COCC(=O)N1CCC2(CC1)CN(c1ccsc1)C(=O)CO2. The molecule has 3 heterocycles. The highest BCUT2D eigenvalue weighted by atomic mass is 32.1. The minimum absolute atomic E-state index is 0.00177. The zero-order valence-corrected chi connectivity index (χ0v) is 13.4. The van der Waals surface area contributed by atoms with Crippen LogP contribution in [0.25, 0.3) is 0 Å². The van der Waals surface area contributed by atoms with Gasteiger partial charge in [-0.05, 0) is 24.3 Å². The summed E-state index contributed by atoms with van der Waals surface area (Å²) in [6.07, 6.45) is 1.49. The zero-order chi connectivity index (χ0) is 15.6. The fourth-order valence-electron chi connectivity index (χ4n) is 3.04. The van der Waals surface area contributed by atoms with Crippen LogP contribution in [0.15, 0.2) is 16.8 Å². The average molecular weight is 324 g/mol. The van der Waals surface area contributed by atoms with Gasteiger partial charge < -0.3 is 19.3 Å². The Labute approximate surface area is 133 Å². The summed E-state index contributed by atoms with van der Waals surface area (Å²) in [5, 5.41) is 3.95.